The minimum atomic E-state index is 0.366. The number of benzene rings is 2. The predicted octanol–water partition coefficient (Wildman–Crippen LogP) is 4.49. The number of hydrogen-bond donors (Lipinski definition) is 2. The molecular formula is C21H17ClN6O2. The summed E-state index contributed by atoms with van der Waals surface area (Å²) in [5.74, 6) is 2.80. The first-order valence-electron chi connectivity index (χ1n) is 9.43. The van der Waals surface area contributed by atoms with Gasteiger partial charge in [-0.3, -0.25) is 10.4 Å². The molecule has 2 N–H and O–H groups in total. The molecule has 0 atom stereocenters. The molecule has 0 unspecified atom stereocenters. The summed E-state index contributed by atoms with van der Waals surface area (Å²) in [7, 11) is 0. The van der Waals surface area contributed by atoms with Crippen LogP contribution in [0.5, 0.6) is 11.5 Å². The summed E-state index contributed by atoms with van der Waals surface area (Å²) in [4.78, 5) is 13.3. The van der Waals surface area contributed by atoms with Crippen LogP contribution in [0.1, 0.15) is 6.42 Å². The van der Waals surface area contributed by atoms with E-state index in [1.807, 2.05) is 48.5 Å². The van der Waals surface area contributed by atoms with E-state index >= 15 is 0 Å². The van der Waals surface area contributed by atoms with Crippen molar-refractivity contribution in [2.75, 3.05) is 18.5 Å². The third-order valence-corrected chi connectivity index (χ3v) is 4.78. The lowest BCUT2D eigenvalue weighted by Gasteiger charge is -2.07. The lowest BCUT2D eigenvalue weighted by Crippen LogP contribution is -1.99. The second kappa shape index (κ2) is 8.00. The van der Waals surface area contributed by atoms with Crippen molar-refractivity contribution in [2.45, 2.75) is 6.42 Å². The summed E-state index contributed by atoms with van der Waals surface area (Å²) in [5.41, 5.74) is 2.55. The molecule has 0 saturated carbocycles. The molecule has 0 fully saturated rings. The first-order valence-corrected chi connectivity index (χ1v) is 9.81. The molecule has 1 aliphatic heterocycles. The first-order chi connectivity index (χ1) is 14.7. The quantitative estimate of drug-likeness (QED) is 0.502. The number of hydrogen-bond acceptors (Lipinski definition) is 7. The Balaban J connectivity index is 1.36. The fraction of sp³-hybridized carbons (Fsp3) is 0.143. The SMILES string of the molecule is Clc1ccc(-c2ccnc(Nc3n[nH]c(-c4ccc5c(c4)OCCCO5)n3)n2)cc1. The van der Waals surface area contributed by atoms with Crippen molar-refractivity contribution in [1.82, 2.24) is 25.1 Å². The van der Waals surface area contributed by atoms with Crippen LogP contribution < -0.4 is 14.8 Å². The molecule has 9 heteroatoms. The van der Waals surface area contributed by atoms with E-state index in [2.05, 4.69) is 30.5 Å². The van der Waals surface area contributed by atoms with Crippen molar-refractivity contribution in [2.24, 2.45) is 0 Å². The second-order valence-electron chi connectivity index (χ2n) is 6.62. The van der Waals surface area contributed by atoms with Crippen LogP contribution >= 0.6 is 11.6 Å². The smallest absolute Gasteiger partial charge is 0.249 e. The van der Waals surface area contributed by atoms with Crippen LogP contribution in [0.4, 0.5) is 11.9 Å². The van der Waals surface area contributed by atoms with E-state index in [0.717, 1.165) is 29.0 Å². The Hall–Kier alpha value is -3.65. The molecule has 4 aromatic rings. The van der Waals surface area contributed by atoms with E-state index in [9.17, 15) is 0 Å². The number of aromatic nitrogens is 5. The third kappa shape index (κ3) is 3.90. The van der Waals surface area contributed by atoms with Crippen molar-refractivity contribution < 1.29 is 9.47 Å². The molecule has 0 amide bonds. The third-order valence-electron chi connectivity index (χ3n) is 4.53. The largest absolute Gasteiger partial charge is 0.490 e. The Morgan fingerprint density at radius 1 is 0.867 bits per heavy atom. The van der Waals surface area contributed by atoms with Crippen LogP contribution in [0.2, 0.25) is 5.02 Å². The zero-order valence-electron chi connectivity index (χ0n) is 15.8. The van der Waals surface area contributed by atoms with E-state index in [1.54, 1.807) is 6.20 Å². The van der Waals surface area contributed by atoms with Gasteiger partial charge >= 0.3 is 0 Å². The average Bonchev–Trinajstić information content (AvgIpc) is 3.10. The topological polar surface area (TPSA) is 97.8 Å². The van der Waals surface area contributed by atoms with Gasteiger partial charge in [-0.1, -0.05) is 23.7 Å². The highest BCUT2D eigenvalue weighted by Crippen LogP contribution is 2.33. The number of ether oxygens (including phenoxy) is 2. The van der Waals surface area contributed by atoms with Gasteiger partial charge in [0.25, 0.3) is 0 Å². The van der Waals surface area contributed by atoms with Gasteiger partial charge in [0.05, 0.1) is 18.9 Å². The molecule has 8 nitrogen and oxygen atoms in total. The van der Waals surface area contributed by atoms with Crippen LogP contribution in [0, 0.1) is 0 Å². The Bertz CT molecular complexity index is 1180. The van der Waals surface area contributed by atoms with Crippen molar-refractivity contribution in [1.29, 1.82) is 0 Å². The Morgan fingerprint density at radius 3 is 2.53 bits per heavy atom. The zero-order chi connectivity index (χ0) is 20.3. The molecule has 2 aromatic heterocycles. The van der Waals surface area contributed by atoms with Crippen LogP contribution in [0.25, 0.3) is 22.6 Å². The van der Waals surface area contributed by atoms with E-state index in [-0.39, 0.29) is 0 Å². The van der Waals surface area contributed by atoms with Gasteiger partial charge < -0.3 is 9.47 Å². The molecule has 5 rings (SSSR count). The fourth-order valence-electron chi connectivity index (χ4n) is 3.06. The summed E-state index contributed by atoms with van der Waals surface area (Å²) in [6.07, 6.45) is 2.53. The van der Waals surface area contributed by atoms with Gasteiger partial charge in [0.15, 0.2) is 17.3 Å². The first kappa shape index (κ1) is 18.4. The molecule has 0 radical (unpaired) electrons. The van der Waals surface area contributed by atoms with Crippen molar-refractivity contribution in [3.05, 3.63) is 59.8 Å². The van der Waals surface area contributed by atoms with Gasteiger partial charge in [0.1, 0.15) is 0 Å². The van der Waals surface area contributed by atoms with E-state index in [4.69, 9.17) is 21.1 Å². The van der Waals surface area contributed by atoms with Crippen LogP contribution in [0.3, 0.4) is 0 Å². The van der Waals surface area contributed by atoms with Gasteiger partial charge in [-0.25, -0.2) is 9.97 Å². The van der Waals surface area contributed by atoms with Crippen molar-refractivity contribution in [3.8, 4) is 34.1 Å². The van der Waals surface area contributed by atoms with Crippen LogP contribution in [-0.2, 0) is 0 Å². The number of rotatable bonds is 4. The number of halogens is 1. The van der Waals surface area contributed by atoms with Gasteiger partial charge in [-0.2, -0.15) is 4.98 Å². The van der Waals surface area contributed by atoms with Gasteiger partial charge in [0.2, 0.25) is 11.9 Å². The number of fused-ring (bicyclic) bond motifs is 1. The Morgan fingerprint density at radius 2 is 1.67 bits per heavy atom. The van der Waals surface area contributed by atoms with Gasteiger partial charge in [0, 0.05) is 28.8 Å². The normalized spacial score (nSPS) is 13.0. The minimum Gasteiger partial charge on any atom is -0.490 e. The van der Waals surface area contributed by atoms with Gasteiger partial charge in [-0.05, 0) is 36.4 Å². The standard InChI is InChI=1S/C21H17ClN6O2/c22-15-5-2-13(3-6-15)16-8-9-23-20(24-16)26-21-25-19(27-28-21)14-4-7-17-18(12-14)30-11-1-10-29-17/h2-9,12H,1,10-11H2,(H2,23,24,25,26,27,28). The monoisotopic (exact) mass is 420 g/mol. The molecule has 2 aromatic carbocycles. The van der Waals surface area contributed by atoms with E-state index in [1.165, 1.54) is 0 Å². The number of aromatic amines is 1. The number of anilines is 2. The maximum absolute atomic E-state index is 5.96. The fourth-order valence-corrected chi connectivity index (χ4v) is 3.18. The number of nitrogens with zero attached hydrogens (tertiary/aromatic N) is 4. The summed E-state index contributed by atoms with van der Waals surface area (Å²) >= 11 is 5.96. The molecule has 0 bridgehead atoms. The predicted molar refractivity (Wildman–Crippen MR) is 113 cm³/mol. The van der Waals surface area contributed by atoms with Crippen molar-refractivity contribution in [3.63, 3.8) is 0 Å². The molecule has 150 valence electrons. The van der Waals surface area contributed by atoms with Gasteiger partial charge in [-0.15, -0.1) is 5.10 Å². The molecule has 3 heterocycles. The summed E-state index contributed by atoms with van der Waals surface area (Å²) in [5, 5.41) is 10.8. The molecule has 0 aliphatic carbocycles. The second-order valence-corrected chi connectivity index (χ2v) is 7.05. The maximum atomic E-state index is 5.96. The number of H-pyrrole nitrogens is 1. The van der Waals surface area contributed by atoms with Crippen molar-refractivity contribution >= 4 is 23.5 Å². The highest BCUT2D eigenvalue weighted by Gasteiger charge is 2.14. The Labute approximate surface area is 177 Å². The highest BCUT2D eigenvalue weighted by molar-refractivity contribution is 6.30. The lowest BCUT2D eigenvalue weighted by molar-refractivity contribution is 0.297. The molecule has 0 saturated heterocycles. The molecule has 0 spiro atoms. The van der Waals surface area contributed by atoms with E-state index in [0.29, 0.717) is 41.7 Å². The zero-order valence-corrected chi connectivity index (χ0v) is 16.6. The summed E-state index contributed by atoms with van der Waals surface area (Å²) < 4.78 is 11.4. The number of nitrogens with one attached hydrogen (secondary N) is 2. The highest BCUT2D eigenvalue weighted by atomic mass is 35.5. The van der Waals surface area contributed by atoms with Crippen LogP contribution in [0.15, 0.2) is 54.7 Å². The Kier molecular flexibility index (Phi) is 4.90. The molecular weight excluding hydrogens is 404 g/mol. The van der Waals surface area contributed by atoms with E-state index < -0.39 is 0 Å². The minimum absolute atomic E-state index is 0.366. The van der Waals surface area contributed by atoms with Crippen LogP contribution in [-0.4, -0.2) is 38.4 Å². The average molecular weight is 421 g/mol. The molecule has 30 heavy (non-hydrogen) atoms. The molecule has 1 aliphatic rings. The summed E-state index contributed by atoms with van der Waals surface area (Å²) in [6, 6.07) is 15.0. The maximum Gasteiger partial charge on any atom is 0.249 e. The summed E-state index contributed by atoms with van der Waals surface area (Å²) in [6.45, 7) is 1.28. The lowest BCUT2D eigenvalue weighted by atomic mass is 10.1.